The molecule has 1 saturated heterocycles. The Hall–Kier alpha value is -1.85. The van der Waals surface area contributed by atoms with Crippen LogP contribution in [0.2, 0.25) is 0 Å². The van der Waals surface area contributed by atoms with E-state index in [0.29, 0.717) is 43.8 Å². The van der Waals surface area contributed by atoms with Gasteiger partial charge < -0.3 is 14.4 Å². The summed E-state index contributed by atoms with van der Waals surface area (Å²) in [5, 5.41) is 8.90. The number of piperidine rings is 1. The number of aryl methyl sites for hydroxylation is 1. The molecule has 0 aromatic carbocycles. The van der Waals surface area contributed by atoms with Crippen LogP contribution in [0.15, 0.2) is 10.8 Å². The predicted octanol–water partition coefficient (Wildman–Crippen LogP) is 1.17. The molecule has 1 fully saturated rings. The molecule has 98 valence electrons. The quantitative estimate of drug-likeness (QED) is 0.873. The molecule has 1 aromatic rings. The number of carboxylic acid groups (broad SMARTS) is 1. The zero-order chi connectivity index (χ0) is 13.1. The van der Waals surface area contributed by atoms with Crippen LogP contribution in [0.3, 0.4) is 0 Å². The fourth-order valence-corrected chi connectivity index (χ4v) is 2.18. The maximum Gasteiger partial charge on any atom is 0.306 e. The number of rotatable bonds is 3. The smallest absolute Gasteiger partial charge is 0.306 e. The number of hydrogen-bond donors (Lipinski definition) is 1. The van der Waals surface area contributed by atoms with Crippen LogP contribution in [0.4, 0.5) is 0 Å². The Kier molecular flexibility index (Phi) is 3.64. The van der Waals surface area contributed by atoms with E-state index in [2.05, 4.69) is 4.98 Å². The highest BCUT2D eigenvalue weighted by molar-refractivity contribution is 5.93. The summed E-state index contributed by atoms with van der Waals surface area (Å²) in [7, 11) is 0. The van der Waals surface area contributed by atoms with Crippen molar-refractivity contribution < 1.29 is 19.1 Å². The normalized spacial score (nSPS) is 16.8. The fraction of sp³-hybridized carbons (Fsp3) is 0.583. The van der Waals surface area contributed by atoms with Gasteiger partial charge >= 0.3 is 5.97 Å². The molecule has 1 amide bonds. The Balaban J connectivity index is 2.02. The Morgan fingerprint density at radius 3 is 2.72 bits per heavy atom. The van der Waals surface area contributed by atoms with Gasteiger partial charge in [-0.3, -0.25) is 9.59 Å². The molecule has 0 unspecified atom stereocenters. The van der Waals surface area contributed by atoms with Crippen molar-refractivity contribution in [3.05, 3.63) is 17.8 Å². The van der Waals surface area contributed by atoms with E-state index in [4.69, 9.17) is 9.52 Å². The number of oxazole rings is 1. The third kappa shape index (κ3) is 2.37. The van der Waals surface area contributed by atoms with Crippen molar-refractivity contribution in [2.24, 2.45) is 5.92 Å². The van der Waals surface area contributed by atoms with Gasteiger partial charge in [0.1, 0.15) is 5.76 Å². The molecular formula is C12H16N2O4. The standard InChI is InChI=1S/C12H16N2O4/c1-2-9-10(13-7-18-9)11(15)14-5-3-8(4-6-14)12(16)17/h7-8H,2-6H2,1H3,(H,16,17). The number of likely N-dealkylation sites (tertiary alicyclic amines) is 1. The van der Waals surface area contributed by atoms with E-state index in [1.807, 2.05) is 6.92 Å². The number of carbonyl (C=O) groups is 2. The average Bonchev–Trinajstić information content (AvgIpc) is 2.86. The van der Waals surface area contributed by atoms with Gasteiger partial charge in [0.25, 0.3) is 5.91 Å². The van der Waals surface area contributed by atoms with Crippen molar-refractivity contribution in [3.8, 4) is 0 Å². The highest BCUT2D eigenvalue weighted by Crippen LogP contribution is 2.20. The summed E-state index contributed by atoms with van der Waals surface area (Å²) < 4.78 is 5.13. The average molecular weight is 252 g/mol. The van der Waals surface area contributed by atoms with Gasteiger partial charge in [0.15, 0.2) is 12.1 Å². The molecule has 0 spiro atoms. The van der Waals surface area contributed by atoms with Crippen LogP contribution in [0.5, 0.6) is 0 Å². The molecule has 1 aliphatic rings. The van der Waals surface area contributed by atoms with E-state index in [9.17, 15) is 9.59 Å². The molecule has 1 aliphatic heterocycles. The molecule has 6 nitrogen and oxygen atoms in total. The molecule has 0 saturated carbocycles. The third-order valence-corrected chi connectivity index (χ3v) is 3.30. The molecule has 0 radical (unpaired) electrons. The topological polar surface area (TPSA) is 83.6 Å². The monoisotopic (exact) mass is 252 g/mol. The number of carboxylic acids is 1. The molecule has 0 atom stereocenters. The van der Waals surface area contributed by atoms with Crippen LogP contribution in [-0.4, -0.2) is 40.0 Å². The second-order valence-electron chi connectivity index (χ2n) is 4.38. The lowest BCUT2D eigenvalue weighted by Gasteiger charge is -2.29. The van der Waals surface area contributed by atoms with Crippen molar-refractivity contribution in [2.75, 3.05) is 13.1 Å². The summed E-state index contributed by atoms with van der Waals surface area (Å²) in [4.78, 5) is 28.6. The first kappa shape index (κ1) is 12.6. The van der Waals surface area contributed by atoms with Gasteiger partial charge in [0.2, 0.25) is 0 Å². The number of hydrogen-bond acceptors (Lipinski definition) is 4. The molecule has 6 heteroatoms. The van der Waals surface area contributed by atoms with Crippen LogP contribution < -0.4 is 0 Å². The van der Waals surface area contributed by atoms with Crippen molar-refractivity contribution in [2.45, 2.75) is 26.2 Å². The Labute approximate surface area is 105 Å². The van der Waals surface area contributed by atoms with Gasteiger partial charge in [0.05, 0.1) is 5.92 Å². The van der Waals surface area contributed by atoms with E-state index < -0.39 is 5.97 Å². The number of carbonyl (C=O) groups excluding carboxylic acids is 1. The van der Waals surface area contributed by atoms with Gasteiger partial charge in [-0.2, -0.15) is 0 Å². The highest BCUT2D eigenvalue weighted by Gasteiger charge is 2.29. The second-order valence-corrected chi connectivity index (χ2v) is 4.38. The molecule has 1 aromatic heterocycles. The van der Waals surface area contributed by atoms with Crippen LogP contribution in [-0.2, 0) is 11.2 Å². The van der Waals surface area contributed by atoms with E-state index in [0.717, 1.165) is 0 Å². The number of aromatic nitrogens is 1. The van der Waals surface area contributed by atoms with Crippen LogP contribution in [0.1, 0.15) is 36.0 Å². The molecule has 0 bridgehead atoms. The summed E-state index contributed by atoms with van der Waals surface area (Å²) in [6.45, 7) is 2.82. The maximum absolute atomic E-state index is 12.2. The van der Waals surface area contributed by atoms with E-state index in [1.54, 1.807) is 4.90 Å². The maximum atomic E-state index is 12.2. The molecule has 0 aliphatic carbocycles. The molecule has 2 heterocycles. The lowest BCUT2D eigenvalue weighted by molar-refractivity contribution is -0.143. The summed E-state index contributed by atoms with van der Waals surface area (Å²) in [6, 6.07) is 0. The molecular weight excluding hydrogens is 236 g/mol. The summed E-state index contributed by atoms with van der Waals surface area (Å²) in [5.74, 6) is -0.695. The van der Waals surface area contributed by atoms with Gasteiger partial charge in [-0.1, -0.05) is 6.92 Å². The summed E-state index contributed by atoms with van der Waals surface area (Å²) in [5.41, 5.74) is 0.353. The van der Waals surface area contributed by atoms with Crippen LogP contribution >= 0.6 is 0 Å². The largest absolute Gasteiger partial charge is 0.481 e. The lowest BCUT2D eigenvalue weighted by atomic mass is 9.97. The van der Waals surface area contributed by atoms with Crippen LogP contribution in [0, 0.1) is 5.92 Å². The molecule has 18 heavy (non-hydrogen) atoms. The minimum absolute atomic E-state index is 0.163. The van der Waals surface area contributed by atoms with Gasteiger partial charge in [-0.05, 0) is 12.8 Å². The minimum Gasteiger partial charge on any atom is -0.481 e. The first-order valence-corrected chi connectivity index (χ1v) is 6.08. The third-order valence-electron chi connectivity index (χ3n) is 3.30. The second kappa shape index (κ2) is 5.20. The van der Waals surface area contributed by atoms with Crippen molar-refractivity contribution in [1.82, 2.24) is 9.88 Å². The van der Waals surface area contributed by atoms with E-state index in [-0.39, 0.29) is 11.8 Å². The lowest BCUT2D eigenvalue weighted by Crippen LogP contribution is -2.40. The predicted molar refractivity (Wildman–Crippen MR) is 62.1 cm³/mol. The van der Waals surface area contributed by atoms with Crippen molar-refractivity contribution in [1.29, 1.82) is 0 Å². The zero-order valence-electron chi connectivity index (χ0n) is 10.3. The fourth-order valence-electron chi connectivity index (χ4n) is 2.18. The number of aliphatic carboxylic acids is 1. The number of nitrogens with zero attached hydrogens (tertiary/aromatic N) is 2. The molecule has 2 rings (SSSR count). The Morgan fingerprint density at radius 1 is 1.50 bits per heavy atom. The van der Waals surface area contributed by atoms with Crippen molar-refractivity contribution in [3.63, 3.8) is 0 Å². The van der Waals surface area contributed by atoms with Gasteiger partial charge in [-0.25, -0.2) is 4.98 Å². The minimum atomic E-state index is -0.780. The molecule has 1 N–H and O–H groups in total. The first-order valence-electron chi connectivity index (χ1n) is 6.08. The highest BCUT2D eigenvalue weighted by atomic mass is 16.4. The van der Waals surface area contributed by atoms with E-state index in [1.165, 1.54) is 6.39 Å². The Morgan fingerprint density at radius 2 is 2.17 bits per heavy atom. The van der Waals surface area contributed by atoms with Gasteiger partial charge in [0, 0.05) is 19.5 Å². The summed E-state index contributed by atoms with van der Waals surface area (Å²) in [6.07, 6.45) is 2.89. The van der Waals surface area contributed by atoms with Crippen LogP contribution in [0.25, 0.3) is 0 Å². The number of amides is 1. The SMILES string of the molecule is CCc1ocnc1C(=O)N1CCC(C(=O)O)CC1. The van der Waals surface area contributed by atoms with E-state index >= 15 is 0 Å². The van der Waals surface area contributed by atoms with Gasteiger partial charge in [-0.15, -0.1) is 0 Å². The Bertz CT molecular complexity index is 447. The zero-order valence-corrected chi connectivity index (χ0v) is 10.3. The summed E-state index contributed by atoms with van der Waals surface area (Å²) >= 11 is 0. The first-order chi connectivity index (χ1) is 8.63. The van der Waals surface area contributed by atoms with Crippen molar-refractivity contribution >= 4 is 11.9 Å².